The summed E-state index contributed by atoms with van der Waals surface area (Å²) in [5.74, 6) is -0.894. The molecule has 0 radical (unpaired) electrons. The Kier molecular flexibility index (Phi) is 4.86. The molecular formula is C14H24N2O4. The normalized spacial score (nSPS) is 31.8. The maximum Gasteiger partial charge on any atom is 0.326 e. The highest BCUT2D eigenvalue weighted by Gasteiger charge is 2.35. The molecule has 0 bridgehead atoms. The summed E-state index contributed by atoms with van der Waals surface area (Å²) in [5, 5.41) is 9.35. The van der Waals surface area contributed by atoms with Gasteiger partial charge in [0.1, 0.15) is 6.04 Å². The minimum absolute atomic E-state index is 0.00189. The van der Waals surface area contributed by atoms with Gasteiger partial charge in [0.05, 0.1) is 12.2 Å². The summed E-state index contributed by atoms with van der Waals surface area (Å²) in [4.78, 5) is 27.3. The van der Waals surface area contributed by atoms with E-state index in [2.05, 4.69) is 0 Å². The van der Waals surface area contributed by atoms with Gasteiger partial charge in [-0.25, -0.2) is 9.59 Å². The SMILES string of the molecule is CC1CN(C(=O)N2CCCCCC2C(=O)O)CC(C)O1. The van der Waals surface area contributed by atoms with E-state index in [9.17, 15) is 14.7 Å². The van der Waals surface area contributed by atoms with Crippen LogP contribution in [-0.4, -0.2) is 64.8 Å². The van der Waals surface area contributed by atoms with Gasteiger partial charge < -0.3 is 19.6 Å². The third kappa shape index (κ3) is 3.42. The highest BCUT2D eigenvalue weighted by molar-refractivity contribution is 5.83. The van der Waals surface area contributed by atoms with E-state index in [1.165, 1.54) is 0 Å². The lowest BCUT2D eigenvalue weighted by molar-refractivity contribution is -0.142. The van der Waals surface area contributed by atoms with Gasteiger partial charge in [-0.05, 0) is 26.7 Å². The van der Waals surface area contributed by atoms with E-state index in [0.29, 0.717) is 26.1 Å². The molecule has 6 heteroatoms. The highest BCUT2D eigenvalue weighted by atomic mass is 16.5. The van der Waals surface area contributed by atoms with Crippen molar-refractivity contribution < 1.29 is 19.4 Å². The standard InChI is InChI=1S/C14H24N2O4/c1-10-8-15(9-11(2)20-10)14(19)16-7-5-3-4-6-12(16)13(17)18/h10-12H,3-9H2,1-2H3,(H,17,18). The van der Waals surface area contributed by atoms with Crippen LogP contribution in [0.3, 0.4) is 0 Å². The maximum atomic E-state index is 12.6. The molecule has 0 aromatic rings. The Morgan fingerprint density at radius 1 is 1.10 bits per heavy atom. The Bertz CT molecular complexity index is 364. The molecule has 0 saturated carbocycles. The minimum Gasteiger partial charge on any atom is -0.480 e. The van der Waals surface area contributed by atoms with E-state index in [1.54, 1.807) is 9.80 Å². The fourth-order valence-corrected chi connectivity index (χ4v) is 3.11. The highest BCUT2D eigenvalue weighted by Crippen LogP contribution is 2.20. The zero-order chi connectivity index (χ0) is 14.7. The summed E-state index contributed by atoms with van der Waals surface area (Å²) in [7, 11) is 0. The fraction of sp³-hybridized carbons (Fsp3) is 0.857. The monoisotopic (exact) mass is 284 g/mol. The lowest BCUT2D eigenvalue weighted by Gasteiger charge is -2.39. The number of urea groups is 1. The number of carboxylic acids is 1. The molecule has 0 spiro atoms. The van der Waals surface area contributed by atoms with Crippen LogP contribution in [0.5, 0.6) is 0 Å². The first kappa shape index (κ1) is 15.1. The molecule has 3 atom stereocenters. The van der Waals surface area contributed by atoms with Gasteiger partial charge in [0.2, 0.25) is 0 Å². The fourth-order valence-electron chi connectivity index (χ4n) is 3.11. The molecule has 0 aliphatic carbocycles. The summed E-state index contributed by atoms with van der Waals surface area (Å²) in [5.41, 5.74) is 0. The Labute approximate surface area is 119 Å². The molecule has 114 valence electrons. The smallest absolute Gasteiger partial charge is 0.326 e. The van der Waals surface area contributed by atoms with E-state index < -0.39 is 12.0 Å². The van der Waals surface area contributed by atoms with Crippen molar-refractivity contribution in [1.82, 2.24) is 9.80 Å². The zero-order valence-electron chi connectivity index (χ0n) is 12.2. The van der Waals surface area contributed by atoms with E-state index in [1.807, 2.05) is 13.8 Å². The molecule has 6 nitrogen and oxygen atoms in total. The van der Waals surface area contributed by atoms with Gasteiger partial charge in [0.25, 0.3) is 0 Å². The molecule has 2 aliphatic rings. The average Bonchev–Trinajstić information content (AvgIpc) is 2.62. The van der Waals surface area contributed by atoms with Crippen molar-refractivity contribution in [3.63, 3.8) is 0 Å². The molecule has 0 aromatic carbocycles. The van der Waals surface area contributed by atoms with Crippen molar-refractivity contribution in [2.75, 3.05) is 19.6 Å². The van der Waals surface area contributed by atoms with E-state index in [4.69, 9.17) is 4.74 Å². The summed E-state index contributed by atoms with van der Waals surface area (Å²) in [6, 6.07) is -0.834. The van der Waals surface area contributed by atoms with Gasteiger partial charge in [-0.2, -0.15) is 0 Å². The lowest BCUT2D eigenvalue weighted by atomic mass is 10.1. The van der Waals surface area contributed by atoms with Crippen molar-refractivity contribution in [3.05, 3.63) is 0 Å². The van der Waals surface area contributed by atoms with Crippen molar-refractivity contribution in [3.8, 4) is 0 Å². The average molecular weight is 284 g/mol. The van der Waals surface area contributed by atoms with Crippen molar-refractivity contribution in [2.45, 2.75) is 57.8 Å². The third-order valence-electron chi connectivity index (χ3n) is 3.97. The van der Waals surface area contributed by atoms with Gasteiger partial charge in [0, 0.05) is 19.6 Å². The lowest BCUT2D eigenvalue weighted by Crippen LogP contribution is -2.56. The molecule has 2 heterocycles. The molecule has 3 unspecified atom stereocenters. The van der Waals surface area contributed by atoms with Crippen LogP contribution in [0.25, 0.3) is 0 Å². The Morgan fingerprint density at radius 3 is 2.35 bits per heavy atom. The second kappa shape index (κ2) is 6.43. The van der Waals surface area contributed by atoms with Gasteiger partial charge in [0.15, 0.2) is 0 Å². The number of amides is 2. The van der Waals surface area contributed by atoms with Crippen molar-refractivity contribution in [2.24, 2.45) is 0 Å². The number of carbonyl (C=O) groups is 2. The molecule has 1 N–H and O–H groups in total. The summed E-state index contributed by atoms with van der Waals surface area (Å²) < 4.78 is 5.62. The summed E-state index contributed by atoms with van der Waals surface area (Å²) in [6.45, 7) is 5.48. The Balaban J connectivity index is 2.10. The molecule has 0 aromatic heterocycles. The number of hydrogen-bond donors (Lipinski definition) is 1. The summed E-state index contributed by atoms with van der Waals surface area (Å²) in [6.07, 6.45) is 3.29. The predicted octanol–water partition coefficient (Wildman–Crippen LogP) is 1.54. The number of aliphatic carboxylic acids is 1. The quantitative estimate of drug-likeness (QED) is 0.793. The zero-order valence-corrected chi connectivity index (χ0v) is 12.2. The van der Waals surface area contributed by atoms with Crippen LogP contribution in [0.2, 0.25) is 0 Å². The first-order valence-electron chi connectivity index (χ1n) is 7.43. The van der Waals surface area contributed by atoms with Crippen LogP contribution in [0.4, 0.5) is 4.79 Å². The van der Waals surface area contributed by atoms with Crippen molar-refractivity contribution >= 4 is 12.0 Å². The molecule has 2 amide bonds. The molecule has 20 heavy (non-hydrogen) atoms. The first-order chi connectivity index (χ1) is 9.49. The Morgan fingerprint density at radius 2 is 1.75 bits per heavy atom. The summed E-state index contributed by atoms with van der Waals surface area (Å²) >= 11 is 0. The largest absolute Gasteiger partial charge is 0.480 e. The maximum absolute atomic E-state index is 12.6. The molecular weight excluding hydrogens is 260 g/mol. The van der Waals surface area contributed by atoms with Gasteiger partial charge >= 0.3 is 12.0 Å². The van der Waals surface area contributed by atoms with Crippen LogP contribution in [0.15, 0.2) is 0 Å². The minimum atomic E-state index is -0.894. The number of likely N-dealkylation sites (tertiary alicyclic amines) is 1. The van der Waals surface area contributed by atoms with Gasteiger partial charge in [-0.1, -0.05) is 12.8 Å². The first-order valence-corrected chi connectivity index (χ1v) is 7.43. The topological polar surface area (TPSA) is 70.1 Å². The predicted molar refractivity (Wildman–Crippen MR) is 73.6 cm³/mol. The van der Waals surface area contributed by atoms with Crippen LogP contribution in [-0.2, 0) is 9.53 Å². The van der Waals surface area contributed by atoms with Gasteiger partial charge in [-0.3, -0.25) is 0 Å². The second-order valence-electron chi connectivity index (χ2n) is 5.84. The number of nitrogens with zero attached hydrogens (tertiary/aromatic N) is 2. The van der Waals surface area contributed by atoms with Gasteiger partial charge in [-0.15, -0.1) is 0 Å². The van der Waals surface area contributed by atoms with Crippen LogP contribution >= 0.6 is 0 Å². The second-order valence-corrected chi connectivity index (χ2v) is 5.84. The van der Waals surface area contributed by atoms with Crippen LogP contribution in [0, 0.1) is 0 Å². The number of carbonyl (C=O) groups excluding carboxylic acids is 1. The number of rotatable bonds is 1. The molecule has 2 saturated heterocycles. The van der Waals surface area contributed by atoms with Crippen LogP contribution in [0.1, 0.15) is 39.5 Å². The van der Waals surface area contributed by atoms with E-state index >= 15 is 0 Å². The Hall–Kier alpha value is -1.30. The van der Waals surface area contributed by atoms with E-state index in [0.717, 1.165) is 19.3 Å². The van der Waals surface area contributed by atoms with Crippen LogP contribution < -0.4 is 0 Å². The van der Waals surface area contributed by atoms with E-state index in [-0.39, 0.29) is 18.2 Å². The number of carboxylic acid groups (broad SMARTS) is 1. The van der Waals surface area contributed by atoms with Crippen molar-refractivity contribution in [1.29, 1.82) is 0 Å². The molecule has 2 aliphatic heterocycles. The molecule has 2 fully saturated rings. The molecule has 2 rings (SSSR count). The number of ether oxygens (including phenoxy) is 1. The number of morpholine rings is 1. The third-order valence-corrected chi connectivity index (χ3v) is 3.97. The number of hydrogen-bond acceptors (Lipinski definition) is 3.